The van der Waals surface area contributed by atoms with Gasteiger partial charge < -0.3 is 4.74 Å². The van der Waals surface area contributed by atoms with Gasteiger partial charge in [0.05, 0.1) is 0 Å². The van der Waals surface area contributed by atoms with Gasteiger partial charge in [0.15, 0.2) is 6.29 Å². The van der Waals surface area contributed by atoms with Crippen LogP contribution >= 0.6 is 0 Å². The van der Waals surface area contributed by atoms with Crippen molar-refractivity contribution in [3.63, 3.8) is 0 Å². The summed E-state index contributed by atoms with van der Waals surface area (Å²) < 4.78 is 5.66. The molecule has 3 heteroatoms. The Morgan fingerprint density at radius 1 is 1.18 bits per heavy atom. The first-order valence-corrected chi connectivity index (χ1v) is 5.35. The number of rotatable bonds is 3. The lowest BCUT2D eigenvalue weighted by molar-refractivity contribution is 0.112. The lowest BCUT2D eigenvalue weighted by atomic mass is 10.1. The molecule has 0 bridgehead atoms. The first-order chi connectivity index (χ1) is 8.19. The molecule has 1 aromatic heterocycles. The first-order valence-electron chi connectivity index (χ1n) is 5.35. The second-order valence-electron chi connectivity index (χ2n) is 3.92. The molecular formula is C14H13NO2. The Morgan fingerprint density at radius 2 is 2.00 bits per heavy atom. The molecule has 0 saturated carbocycles. The van der Waals surface area contributed by atoms with Crippen LogP contribution in [0.2, 0.25) is 0 Å². The van der Waals surface area contributed by atoms with Crippen molar-refractivity contribution in [2.75, 3.05) is 0 Å². The maximum absolute atomic E-state index is 10.5. The van der Waals surface area contributed by atoms with Gasteiger partial charge in [-0.05, 0) is 37.1 Å². The van der Waals surface area contributed by atoms with Crippen LogP contribution in [0.15, 0.2) is 36.5 Å². The van der Waals surface area contributed by atoms with E-state index < -0.39 is 0 Å². The van der Waals surface area contributed by atoms with Crippen molar-refractivity contribution in [1.82, 2.24) is 4.98 Å². The summed E-state index contributed by atoms with van der Waals surface area (Å²) in [5.41, 5.74) is 2.73. The first kappa shape index (κ1) is 11.3. The van der Waals surface area contributed by atoms with E-state index in [0.717, 1.165) is 23.2 Å². The number of aryl methyl sites for hydroxylation is 2. The minimum atomic E-state index is 0.490. The maximum Gasteiger partial charge on any atom is 0.219 e. The minimum Gasteiger partial charge on any atom is -0.439 e. The van der Waals surface area contributed by atoms with E-state index in [1.165, 1.54) is 6.20 Å². The Hall–Kier alpha value is -2.16. The van der Waals surface area contributed by atoms with E-state index in [1.54, 1.807) is 12.1 Å². The third-order valence-corrected chi connectivity index (χ3v) is 2.45. The molecule has 0 saturated heterocycles. The van der Waals surface area contributed by atoms with Crippen molar-refractivity contribution in [2.24, 2.45) is 0 Å². The highest BCUT2D eigenvalue weighted by atomic mass is 16.5. The van der Waals surface area contributed by atoms with Crippen molar-refractivity contribution in [3.8, 4) is 11.6 Å². The van der Waals surface area contributed by atoms with Gasteiger partial charge in [0.2, 0.25) is 5.88 Å². The highest BCUT2D eigenvalue weighted by Crippen LogP contribution is 2.24. The van der Waals surface area contributed by atoms with E-state index >= 15 is 0 Å². The Labute approximate surface area is 100 Å². The van der Waals surface area contributed by atoms with Crippen molar-refractivity contribution in [3.05, 3.63) is 53.2 Å². The van der Waals surface area contributed by atoms with Gasteiger partial charge in [-0.3, -0.25) is 4.79 Å². The number of aldehydes is 1. The van der Waals surface area contributed by atoms with Gasteiger partial charge in [-0.25, -0.2) is 4.98 Å². The van der Waals surface area contributed by atoms with Crippen molar-refractivity contribution in [2.45, 2.75) is 13.8 Å². The molecule has 1 aromatic carbocycles. The van der Waals surface area contributed by atoms with Crippen LogP contribution in [-0.4, -0.2) is 11.3 Å². The van der Waals surface area contributed by atoms with Crippen molar-refractivity contribution >= 4 is 6.29 Å². The lowest BCUT2D eigenvalue weighted by Gasteiger charge is -2.08. The van der Waals surface area contributed by atoms with Gasteiger partial charge in [0.1, 0.15) is 5.75 Å². The highest BCUT2D eigenvalue weighted by molar-refractivity contribution is 5.74. The molecule has 2 rings (SSSR count). The van der Waals surface area contributed by atoms with Crippen LogP contribution in [0.3, 0.4) is 0 Å². The molecule has 0 aliphatic carbocycles. The molecule has 2 aromatic rings. The van der Waals surface area contributed by atoms with Gasteiger partial charge >= 0.3 is 0 Å². The summed E-state index contributed by atoms with van der Waals surface area (Å²) in [5, 5.41) is 0. The average Bonchev–Trinajstić information content (AvgIpc) is 2.35. The van der Waals surface area contributed by atoms with E-state index in [2.05, 4.69) is 4.98 Å². The van der Waals surface area contributed by atoms with Gasteiger partial charge in [0, 0.05) is 17.8 Å². The zero-order chi connectivity index (χ0) is 12.3. The van der Waals surface area contributed by atoms with Gasteiger partial charge in [-0.1, -0.05) is 12.1 Å². The SMILES string of the molecule is Cc1ccc(C)c(Oc2ccc(C=O)cn2)c1. The summed E-state index contributed by atoms with van der Waals surface area (Å²) in [6.45, 7) is 3.99. The number of hydrogen-bond donors (Lipinski definition) is 0. The third-order valence-electron chi connectivity index (χ3n) is 2.45. The number of nitrogens with zero attached hydrogens (tertiary/aromatic N) is 1. The Balaban J connectivity index is 2.24. The molecule has 0 fully saturated rings. The number of hydrogen-bond acceptors (Lipinski definition) is 3. The Kier molecular flexibility index (Phi) is 3.19. The van der Waals surface area contributed by atoms with E-state index in [4.69, 9.17) is 4.74 Å². The van der Waals surface area contributed by atoms with Crippen LogP contribution in [-0.2, 0) is 0 Å². The summed E-state index contributed by atoms with van der Waals surface area (Å²) in [7, 11) is 0. The van der Waals surface area contributed by atoms with Gasteiger partial charge in [0.25, 0.3) is 0 Å². The summed E-state index contributed by atoms with van der Waals surface area (Å²) >= 11 is 0. The molecule has 0 radical (unpaired) electrons. The smallest absolute Gasteiger partial charge is 0.219 e. The molecular weight excluding hydrogens is 214 g/mol. The topological polar surface area (TPSA) is 39.2 Å². The molecule has 1 heterocycles. The lowest BCUT2D eigenvalue weighted by Crippen LogP contribution is -1.91. The molecule has 0 spiro atoms. The zero-order valence-electron chi connectivity index (χ0n) is 9.81. The summed E-state index contributed by atoms with van der Waals surface area (Å²) in [6, 6.07) is 9.37. The molecule has 0 N–H and O–H groups in total. The Morgan fingerprint density at radius 3 is 2.65 bits per heavy atom. The minimum absolute atomic E-state index is 0.490. The average molecular weight is 227 g/mol. The second-order valence-corrected chi connectivity index (χ2v) is 3.92. The molecule has 0 atom stereocenters. The third kappa shape index (κ3) is 2.69. The molecule has 86 valence electrons. The highest BCUT2D eigenvalue weighted by Gasteiger charge is 2.02. The predicted octanol–water partition coefficient (Wildman–Crippen LogP) is 3.30. The van der Waals surface area contributed by atoms with E-state index in [9.17, 15) is 4.79 Å². The standard InChI is InChI=1S/C14H13NO2/c1-10-3-4-11(2)13(7-10)17-14-6-5-12(9-16)8-15-14/h3-9H,1-2H3. The van der Waals surface area contributed by atoms with E-state index in [0.29, 0.717) is 11.4 Å². The molecule has 0 aliphatic rings. The monoisotopic (exact) mass is 227 g/mol. The molecule has 0 amide bonds. The summed E-state index contributed by atoms with van der Waals surface area (Å²) in [4.78, 5) is 14.6. The fraction of sp³-hybridized carbons (Fsp3) is 0.143. The number of carbonyl (C=O) groups is 1. The van der Waals surface area contributed by atoms with Crippen LogP contribution < -0.4 is 4.74 Å². The quantitative estimate of drug-likeness (QED) is 0.755. The fourth-order valence-electron chi connectivity index (χ4n) is 1.45. The van der Waals surface area contributed by atoms with E-state index in [-0.39, 0.29) is 0 Å². The van der Waals surface area contributed by atoms with Crippen LogP contribution in [0.25, 0.3) is 0 Å². The fourth-order valence-corrected chi connectivity index (χ4v) is 1.45. The van der Waals surface area contributed by atoms with Crippen LogP contribution in [0.4, 0.5) is 0 Å². The molecule has 3 nitrogen and oxygen atoms in total. The normalized spacial score (nSPS) is 10.0. The van der Waals surface area contributed by atoms with Crippen molar-refractivity contribution < 1.29 is 9.53 Å². The number of benzene rings is 1. The Bertz CT molecular complexity index is 532. The molecule has 0 unspecified atom stereocenters. The number of carbonyl (C=O) groups excluding carboxylic acids is 1. The zero-order valence-corrected chi connectivity index (χ0v) is 9.81. The second kappa shape index (κ2) is 4.78. The largest absolute Gasteiger partial charge is 0.439 e. The number of ether oxygens (including phenoxy) is 1. The summed E-state index contributed by atoms with van der Waals surface area (Å²) in [6.07, 6.45) is 2.25. The predicted molar refractivity (Wildman–Crippen MR) is 65.6 cm³/mol. The van der Waals surface area contributed by atoms with Gasteiger partial charge in [-0.2, -0.15) is 0 Å². The number of pyridine rings is 1. The molecule has 0 aliphatic heterocycles. The summed E-state index contributed by atoms with van der Waals surface area (Å²) in [5.74, 6) is 1.28. The van der Waals surface area contributed by atoms with Crippen LogP contribution in [0.1, 0.15) is 21.5 Å². The van der Waals surface area contributed by atoms with Crippen LogP contribution in [0, 0.1) is 13.8 Å². The van der Waals surface area contributed by atoms with Crippen molar-refractivity contribution in [1.29, 1.82) is 0 Å². The van der Waals surface area contributed by atoms with Crippen LogP contribution in [0.5, 0.6) is 11.6 Å². The van der Waals surface area contributed by atoms with Gasteiger partial charge in [-0.15, -0.1) is 0 Å². The molecule has 17 heavy (non-hydrogen) atoms. The van der Waals surface area contributed by atoms with E-state index in [1.807, 2.05) is 32.0 Å². The maximum atomic E-state index is 10.5. The number of aromatic nitrogens is 1.